The molecule has 1 amide bonds. The van der Waals surface area contributed by atoms with Crippen molar-refractivity contribution in [3.63, 3.8) is 0 Å². The maximum atomic E-state index is 12.9. The lowest BCUT2D eigenvalue weighted by Gasteiger charge is -2.11. The summed E-state index contributed by atoms with van der Waals surface area (Å²) in [6.45, 7) is 5.30. The van der Waals surface area contributed by atoms with Crippen LogP contribution in [0.3, 0.4) is 0 Å². The SMILES string of the molecule is CCOC(=O)c1ccc(-n2c(C)cc(/C=N\NC(=O)CNc3ccc(F)cc3)c2C)cc1[N+](=O)[O-]. The first-order valence-corrected chi connectivity index (χ1v) is 10.7. The molecule has 10 nitrogen and oxygen atoms in total. The van der Waals surface area contributed by atoms with Gasteiger partial charge in [0.15, 0.2) is 0 Å². The van der Waals surface area contributed by atoms with Crippen molar-refractivity contribution >= 4 is 29.5 Å². The van der Waals surface area contributed by atoms with Gasteiger partial charge in [-0.15, -0.1) is 0 Å². The van der Waals surface area contributed by atoms with Crippen molar-refractivity contribution in [1.29, 1.82) is 0 Å². The average molecular weight is 481 g/mol. The van der Waals surface area contributed by atoms with E-state index in [1.165, 1.54) is 42.6 Å². The van der Waals surface area contributed by atoms with Gasteiger partial charge in [0.2, 0.25) is 0 Å². The Morgan fingerprint density at radius 2 is 1.89 bits per heavy atom. The summed E-state index contributed by atoms with van der Waals surface area (Å²) < 4.78 is 19.6. The van der Waals surface area contributed by atoms with Gasteiger partial charge in [0, 0.05) is 28.7 Å². The maximum Gasteiger partial charge on any atom is 0.345 e. The van der Waals surface area contributed by atoms with E-state index in [4.69, 9.17) is 4.74 Å². The second-order valence-electron chi connectivity index (χ2n) is 7.49. The number of rotatable bonds is 9. The number of hydrazone groups is 1. The Labute approximate surface area is 200 Å². The van der Waals surface area contributed by atoms with Gasteiger partial charge in [-0.25, -0.2) is 14.6 Å². The molecule has 1 heterocycles. The molecule has 1 aromatic heterocycles. The second kappa shape index (κ2) is 11.1. The lowest BCUT2D eigenvalue weighted by atomic mass is 10.1. The summed E-state index contributed by atoms with van der Waals surface area (Å²) in [6, 6.07) is 11.7. The molecule has 0 aliphatic rings. The highest BCUT2D eigenvalue weighted by molar-refractivity contribution is 5.94. The van der Waals surface area contributed by atoms with E-state index in [0.29, 0.717) is 16.9 Å². The Morgan fingerprint density at radius 1 is 1.17 bits per heavy atom. The number of ether oxygens (including phenoxy) is 1. The van der Waals surface area contributed by atoms with Crippen LogP contribution in [0.25, 0.3) is 5.69 Å². The molecule has 11 heteroatoms. The van der Waals surface area contributed by atoms with Crippen LogP contribution in [0.5, 0.6) is 0 Å². The molecule has 0 atom stereocenters. The quantitative estimate of drug-likeness (QED) is 0.207. The van der Waals surface area contributed by atoms with Gasteiger partial charge in [-0.3, -0.25) is 14.9 Å². The molecule has 0 aliphatic carbocycles. The molecular formula is C24H24FN5O5. The number of hydrogen-bond donors (Lipinski definition) is 2. The van der Waals surface area contributed by atoms with Gasteiger partial charge in [0.25, 0.3) is 11.6 Å². The van der Waals surface area contributed by atoms with Crippen LogP contribution in [0, 0.1) is 29.8 Å². The number of nitrogens with one attached hydrogen (secondary N) is 2. The normalized spacial score (nSPS) is 10.9. The predicted octanol–water partition coefficient (Wildman–Crippen LogP) is 3.88. The standard InChI is InChI=1S/C24H24FN5O5/c1-4-35-24(32)21-10-9-20(12-22(21)30(33)34)29-15(2)11-17(16(29)3)13-27-28-23(31)14-26-19-7-5-18(25)6-8-19/h5-13,26H,4,14H2,1-3H3,(H,28,31)/b27-13-. The number of benzene rings is 2. The van der Waals surface area contributed by atoms with Crippen molar-refractivity contribution in [3.8, 4) is 5.69 Å². The van der Waals surface area contributed by atoms with Gasteiger partial charge in [-0.1, -0.05) is 0 Å². The topological polar surface area (TPSA) is 128 Å². The van der Waals surface area contributed by atoms with Gasteiger partial charge in [0.05, 0.1) is 30.0 Å². The average Bonchev–Trinajstić information content (AvgIpc) is 3.11. The third-order valence-corrected chi connectivity index (χ3v) is 5.09. The molecule has 0 bridgehead atoms. The lowest BCUT2D eigenvalue weighted by Crippen LogP contribution is -2.25. The van der Waals surface area contributed by atoms with Gasteiger partial charge >= 0.3 is 5.97 Å². The number of anilines is 1. The minimum absolute atomic E-state index is 0.0571. The van der Waals surface area contributed by atoms with E-state index in [0.717, 1.165) is 11.4 Å². The molecule has 0 aliphatic heterocycles. The summed E-state index contributed by atoms with van der Waals surface area (Å²) in [6.07, 6.45) is 1.47. The number of halogens is 1. The van der Waals surface area contributed by atoms with Crippen LogP contribution in [0.2, 0.25) is 0 Å². The third kappa shape index (κ3) is 6.08. The van der Waals surface area contributed by atoms with E-state index in [9.17, 15) is 24.1 Å². The number of amides is 1. The number of aromatic nitrogens is 1. The van der Waals surface area contributed by atoms with Crippen LogP contribution in [-0.2, 0) is 9.53 Å². The van der Waals surface area contributed by atoms with Crippen LogP contribution in [0.4, 0.5) is 15.8 Å². The van der Waals surface area contributed by atoms with Crippen molar-refractivity contribution in [2.75, 3.05) is 18.5 Å². The zero-order valence-electron chi connectivity index (χ0n) is 19.4. The van der Waals surface area contributed by atoms with Crippen LogP contribution in [0.15, 0.2) is 53.6 Å². The molecule has 0 fully saturated rings. The molecule has 0 unspecified atom stereocenters. The van der Waals surface area contributed by atoms with E-state index in [1.54, 1.807) is 24.5 Å². The number of nitro benzene ring substituents is 1. The zero-order chi connectivity index (χ0) is 25.5. The molecule has 3 rings (SSSR count). The monoisotopic (exact) mass is 481 g/mol. The van der Waals surface area contributed by atoms with Crippen LogP contribution in [0.1, 0.15) is 34.2 Å². The van der Waals surface area contributed by atoms with Gasteiger partial charge in [-0.05, 0) is 63.2 Å². The highest BCUT2D eigenvalue weighted by Gasteiger charge is 2.23. The lowest BCUT2D eigenvalue weighted by molar-refractivity contribution is -0.385. The first-order valence-electron chi connectivity index (χ1n) is 10.7. The molecule has 0 saturated heterocycles. The van der Waals surface area contributed by atoms with Crippen molar-refractivity contribution in [3.05, 3.63) is 87.0 Å². The highest BCUT2D eigenvalue weighted by Crippen LogP contribution is 2.27. The molecule has 182 valence electrons. The number of aryl methyl sites for hydroxylation is 1. The minimum Gasteiger partial charge on any atom is -0.462 e. The summed E-state index contributed by atoms with van der Waals surface area (Å²) in [4.78, 5) is 35.0. The summed E-state index contributed by atoms with van der Waals surface area (Å²) in [5.41, 5.74) is 5.20. The molecule has 2 N–H and O–H groups in total. The fourth-order valence-corrected chi connectivity index (χ4v) is 3.47. The van der Waals surface area contributed by atoms with E-state index in [1.807, 2.05) is 13.0 Å². The smallest absolute Gasteiger partial charge is 0.345 e. The van der Waals surface area contributed by atoms with Crippen molar-refractivity contribution in [2.45, 2.75) is 20.8 Å². The summed E-state index contributed by atoms with van der Waals surface area (Å²) in [7, 11) is 0. The Bertz CT molecular complexity index is 1280. The van der Waals surface area contributed by atoms with Gasteiger partial charge in [-0.2, -0.15) is 5.10 Å². The van der Waals surface area contributed by atoms with E-state index in [2.05, 4.69) is 15.8 Å². The van der Waals surface area contributed by atoms with E-state index < -0.39 is 16.8 Å². The summed E-state index contributed by atoms with van der Waals surface area (Å²) in [5, 5.41) is 18.4. The van der Waals surface area contributed by atoms with Crippen LogP contribution >= 0.6 is 0 Å². The van der Waals surface area contributed by atoms with Crippen molar-refractivity contribution in [2.24, 2.45) is 5.10 Å². The highest BCUT2D eigenvalue weighted by atomic mass is 19.1. The molecular weight excluding hydrogens is 457 g/mol. The number of nitro groups is 1. The molecule has 0 saturated carbocycles. The number of esters is 1. The Morgan fingerprint density at radius 3 is 2.54 bits per heavy atom. The molecule has 0 radical (unpaired) electrons. The maximum absolute atomic E-state index is 12.9. The molecule has 3 aromatic rings. The predicted molar refractivity (Wildman–Crippen MR) is 128 cm³/mol. The van der Waals surface area contributed by atoms with Crippen molar-refractivity contribution in [1.82, 2.24) is 9.99 Å². The second-order valence-corrected chi connectivity index (χ2v) is 7.49. The van der Waals surface area contributed by atoms with Crippen LogP contribution in [-0.4, -0.2) is 40.7 Å². The largest absolute Gasteiger partial charge is 0.462 e. The number of carbonyl (C=O) groups is 2. The first kappa shape index (κ1) is 25.1. The molecule has 35 heavy (non-hydrogen) atoms. The third-order valence-electron chi connectivity index (χ3n) is 5.09. The molecule has 2 aromatic carbocycles. The van der Waals surface area contributed by atoms with E-state index in [-0.39, 0.29) is 30.2 Å². The van der Waals surface area contributed by atoms with Crippen LogP contribution < -0.4 is 10.7 Å². The van der Waals surface area contributed by atoms with Gasteiger partial charge in [0.1, 0.15) is 11.4 Å². The van der Waals surface area contributed by atoms with Crippen molar-refractivity contribution < 1.29 is 23.6 Å². The Balaban J connectivity index is 1.74. The Kier molecular flexibility index (Phi) is 7.92. The Hall–Kier alpha value is -4.54. The fourth-order valence-electron chi connectivity index (χ4n) is 3.47. The number of hydrogen-bond acceptors (Lipinski definition) is 7. The van der Waals surface area contributed by atoms with E-state index >= 15 is 0 Å². The zero-order valence-corrected chi connectivity index (χ0v) is 19.4. The number of nitrogens with zero attached hydrogens (tertiary/aromatic N) is 3. The fraction of sp³-hybridized carbons (Fsp3) is 0.208. The minimum atomic E-state index is -0.760. The van der Waals surface area contributed by atoms with Gasteiger partial charge < -0.3 is 14.6 Å². The number of carbonyl (C=O) groups excluding carboxylic acids is 2. The first-order chi connectivity index (χ1) is 16.7. The molecule has 0 spiro atoms. The summed E-state index contributed by atoms with van der Waals surface area (Å²) in [5.74, 6) is -1.53. The summed E-state index contributed by atoms with van der Waals surface area (Å²) >= 11 is 0.